The number of anilines is 2. The van der Waals surface area contributed by atoms with Gasteiger partial charge in [0.25, 0.3) is 17.7 Å². The minimum Gasteiger partial charge on any atom is -0.462 e. The molecule has 2 aromatic rings. The van der Waals surface area contributed by atoms with E-state index in [0.29, 0.717) is 17.7 Å². The number of carbonyl (C=O) groups excluding carboxylic acids is 4. The number of nitrogens with one attached hydrogen (secondary N) is 2. The number of rotatable bonds is 8. The number of benzene rings is 2. The largest absolute Gasteiger partial charge is 0.462 e. The molecule has 4 rings (SSSR count). The van der Waals surface area contributed by atoms with Gasteiger partial charge in [0.15, 0.2) is 0 Å². The van der Waals surface area contributed by atoms with E-state index in [2.05, 4.69) is 12.4 Å². The lowest BCUT2D eigenvalue weighted by atomic mass is 10.0. The molecule has 1 fully saturated rings. The van der Waals surface area contributed by atoms with Gasteiger partial charge in [-0.2, -0.15) is 0 Å². The zero-order valence-corrected chi connectivity index (χ0v) is 22.5. The van der Waals surface area contributed by atoms with Crippen LogP contribution >= 0.6 is 11.6 Å². The lowest BCUT2D eigenvalue weighted by Crippen LogP contribution is -3.10. The van der Waals surface area contributed by atoms with E-state index >= 15 is 0 Å². The highest BCUT2D eigenvalue weighted by molar-refractivity contribution is 6.53. The minimum atomic E-state index is -0.713. The average Bonchev–Trinajstić information content (AvgIpc) is 3.14. The molecule has 0 radical (unpaired) electrons. The van der Waals surface area contributed by atoms with Crippen molar-refractivity contribution in [1.82, 2.24) is 4.90 Å². The molecule has 0 unspecified atom stereocenters. The molecule has 10 heteroatoms. The highest BCUT2D eigenvalue weighted by atomic mass is 35.5. The summed E-state index contributed by atoms with van der Waals surface area (Å²) in [5, 5.41) is 2.64. The second-order valence-electron chi connectivity index (χ2n) is 9.63. The molecule has 1 saturated heterocycles. The Balaban J connectivity index is 1.50. The maximum absolute atomic E-state index is 13.3. The Labute approximate surface area is 227 Å². The van der Waals surface area contributed by atoms with Crippen molar-refractivity contribution >= 4 is 46.7 Å². The van der Waals surface area contributed by atoms with E-state index in [0.717, 1.165) is 30.8 Å². The first kappa shape index (κ1) is 27.3. The van der Waals surface area contributed by atoms with Crippen LogP contribution in [0.4, 0.5) is 11.4 Å². The van der Waals surface area contributed by atoms with Crippen molar-refractivity contribution < 1.29 is 28.8 Å². The Kier molecular flexibility index (Phi) is 8.48. The van der Waals surface area contributed by atoms with Crippen molar-refractivity contribution in [1.29, 1.82) is 0 Å². The molecule has 0 atom stereocenters. The standard InChI is InChI=1S/C28H31ClN4O5/c1-4-15-38-28(37)19-8-6-10-22(17-19)33-26(35)23(29)24(27(33)36)30-20-9-5-7-18(16-20)25(34)32(3)21-11-13-31(2)14-12-21/h5-10,16-17,21,30H,4,11-15H2,1-3H3/p+1. The molecule has 2 aromatic carbocycles. The molecule has 0 bridgehead atoms. The van der Waals surface area contributed by atoms with Crippen molar-refractivity contribution in [2.45, 2.75) is 32.2 Å². The Morgan fingerprint density at radius 3 is 2.47 bits per heavy atom. The third-order valence-corrected chi connectivity index (χ3v) is 7.21. The van der Waals surface area contributed by atoms with E-state index in [1.807, 2.05) is 14.0 Å². The summed E-state index contributed by atoms with van der Waals surface area (Å²) in [5.74, 6) is -2.03. The molecular formula is C28H32ClN4O5+. The van der Waals surface area contributed by atoms with E-state index in [1.165, 1.54) is 11.0 Å². The topological polar surface area (TPSA) is 100 Å². The van der Waals surface area contributed by atoms with Crippen molar-refractivity contribution in [3.8, 4) is 0 Å². The molecule has 2 heterocycles. The average molecular weight is 540 g/mol. The summed E-state index contributed by atoms with van der Waals surface area (Å²) in [5.41, 5.74) is 1.23. The second kappa shape index (κ2) is 11.8. The first-order valence-electron chi connectivity index (χ1n) is 12.7. The van der Waals surface area contributed by atoms with Crippen LogP contribution in [0, 0.1) is 0 Å². The summed E-state index contributed by atoms with van der Waals surface area (Å²) in [7, 11) is 3.97. The number of esters is 1. The number of quaternary nitrogens is 1. The van der Waals surface area contributed by atoms with Gasteiger partial charge in [-0.15, -0.1) is 0 Å². The predicted octanol–water partition coefficient (Wildman–Crippen LogP) is 2.44. The normalized spacial score (nSPS) is 19.5. The Hall–Kier alpha value is -3.69. The summed E-state index contributed by atoms with van der Waals surface area (Å²) in [6.07, 6.45) is 2.56. The van der Waals surface area contributed by atoms with Crippen LogP contribution in [0.3, 0.4) is 0 Å². The molecule has 0 aliphatic carbocycles. The van der Waals surface area contributed by atoms with E-state index in [1.54, 1.807) is 47.4 Å². The molecule has 0 aromatic heterocycles. The molecule has 200 valence electrons. The number of halogens is 1. The molecular weight excluding hydrogens is 508 g/mol. The molecule has 0 saturated carbocycles. The molecule has 38 heavy (non-hydrogen) atoms. The lowest BCUT2D eigenvalue weighted by Gasteiger charge is -2.33. The maximum Gasteiger partial charge on any atom is 0.338 e. The number of likely N-dealkylation sites (tertiary alicyclic amines) is 1. The monoisotopic (exact) mass is 539 g/mol. The predicted molar refractivity (Wildman–Crippen MR) is 144 cm³/mol. The fraction of sp³-hybridized carbons (Fsp3) is 0.357. The Bertz CT molecular complexity index is 1290. The Morgan fingerprint density at radius 1 is 1.08 bits per heavy atom. The van der Waals surface area contributed by atoms with E-state index in [-0.39, 0.29) is 40.5 Å². The van der Waals surface area contributed by atoms with Gasteiger partial charge in [-0.1, -0.05) is 30.7 Å². The van der Waals surface area contributed by atoms with Crippen molar-refractivity contribution in [3.05, 3.63) is 70.4 Å². The van der Waals surface area contributed by atoms with Crippen LogP contribution in [-0.4, -0.2) is 68.4 Å². The second-order valence-corrected chi connectivity index (χ2v) is 10.0. The van der Waals surface area contributed by atoms with Gasteiger partial charge >= 0.3 is 5.97 Å². The number of carbonyl (C=O) groups is 4. The molecule has 9 nitrogen and oxygen atoms in total. The van der Waals surface area contributed by atoms with Crippen molar-refractivity contribution in [2.75, 3.05) is 44.0 Å². The number of hydrogen-bond donors (Lipinski definition) is 2. The van der Waals surface area contributed by atoms with Gasteiger partial charge in [-0.05, 0) is 42.8 Å². The molecule has 2 aliphatic rings. The number of ether oxygens (including phenoxy) is 1. The van der Waals surface area contributed by atoms with Gasteiger partial charge in [0.1, 0.15) is 10.7 Å². The summed E-state index contributed by atoms with van der Waals surface area (Å²) in [4.78, 5) is 55.8. The number of hydrogen-bond acceptors (Lipinski definition) is 6. The third kappa shape index (κ3) is 5.74. The fourth-order valence-electron chi connectivity index (χ4n) is 4.62. The van der Waals surface area contributed by atoms with Crippen molar-refractivity contribution in [2.24, 2.45) is 0 Å². The highest BCUT2D eigenvalue weighted by Gasteiger charge is 2.39. The van der Waals surface area contributed by atoms with Gasteiger partial charge in [0, 0.05) is 37.2 Å². The maximum atomic E-state index is 13.3. The summed E-state index contributed by atoms with van der Waals surface area (Å²) in [6, 6.07) is 13.0. The van der Waals surface area contributed by atoms with Crippen LogP contribution in [0.1, 0.15) is 46.9 Å². The van der Waals surface area contributed by atoms with Crippen LogP contribution in [0.15, 0.2) is 59.3 Å². The van der Waals surface area contributed by atoms with Gasteiger partial charge in [-0.3, -0.25) is 14.4 Å². The summed E-state index contributed by atoms with van der Waals surface area (Å²) >= 11 is 6.29. The van der Waals surface area contributed by atoms with Crippen LogP contribution in [-0.2, 0) is 14.3 Å². The Morgan fingerprint density at radius 2 is 1.76 bits per heavy atom. The number of imide groups is 1. The fourth-order valence-corrected chi connectivity index (χ4v) is 4.83. The number of nitrogens with zero attached hydrogens (tertiary/aromatic N) is 2. The van der Waals surface area contributed by atoms with Crippen LogP contribution < -0.4 is 15.1 Å². The van der Waals surface area contributed by atoms with Gasteiger partial charge in [0.05, 0.1) is 38.0 Å². The van der Waals surface area contributed by atoms with Crippen LogP contribution in [0.5, 0.6) is 0 Å². The SMILES string of the molecule is CCCOC(=O)c1cccc(N2C(=O)C(Cl)=C(Nc3cccc(C(=O)N(C)C4CC[NH+](C)CC4)c3)C2=O)c1. The summed E-state index contributed by atoms with van der Waals surface area (Å²) in [6.45, 7) is 4.19. The van der Waals surface area contributed by atoms with Crippen molar-refractivity contribution in [3.63, 3.8) is 0 Å². The molecule has 3 amide bonds. The van der Waals surface area contributed by atoms with Gasteiger partial charge < -0.3 is 19.9 Å². The summed E-state index contributed by atoms with van der Waals surface area (Å²) < 4.78 is 5.15. The van der Waals surface area contributed by atoms with E-state index < -0.39 is 17.8 Å². The molecule has 0 spiro atoms. The van der Waals surface area contributed by atoms with Gasteiger partial charge in [-0.25, -0.2) is 9.69 Å². The van der Waals surface area contributed by atoms with Crippen LogP contribution in [0.25, 0.3) is 0 Å². The zero-order chi connectivity index (χ0) is 27.4. The van der Waals surface area contributed by atoms with E-state index in [9.17, 15) is 19.2 Å². The van der Waals surface area contributed by atoms with Gasteiger partial charge in [0.2, 0.25) is 0 Å². The first-order chi connectivity index (χ1) is 18.2. The third-order valence-electron chi connectivity index (χ3n) is 6.86. The van der Waals surface area contributed by atoms with Crippen LogP contribution in [0.2, 0.25) is 0 Å². The first-order valence-corrected chi connectivity index (χ1v) is 13.1. The molecule has 2 N–H and O–H groups in total. The zero-order valence-electron chi connectivity index (χ0n) is 21.8. The lowest BCUT2D eigenvalue weighted by molar-refractivity contribution is -0.885. The molecule has 2 aliphatic heterocycles. The number of piperidine rings is 1. The highest BCUT2D eigenvalue weighted by Crippen LogP contribution is 2.31. The number of amides is 3. The smallest absolute Gasteiger partial charge is 0.338 e. The van der Waals surface area contributed by atoms with E-state index in [4.69, 9.17) is 16.3 Å². The quantitative estimate of drug-likeness (QED) is 0.395. The minimum absolute atomic E-state index is 0.105.